The summed E-state index contributed by atoms with van der Waals surface area (Å²) < 4.78 is 32.2. The van der Waals surface area contributed by atoms with E-state index in [9.17, 15) is 22.8 Å². The molecule has 0 aliphatic carbocycles. The maximum absolute atomic E-state index is 12.5. The summed E-state index contributed by atoms with van der Waals surface area (Å²) in [5.41, 5.74) is 2.21. The molecule has 0 radical (unpaired) electrons. The molecule has 1 rings (SSSR count). The predicted octanol–water partition coefficient (Wildman–Crippen LogP) is 0.0279. The van der Waals surface area contributed by atoms with Gasteiger partial charge in [-0.2, -0.15) is 0 Å². The number of amides is 2. The van der Waals surface area contributed by atoms with Gasteiger partial charge in [0.1, 0.15) is 0 Å². The van der Waals surface area contributed by atoms with Crippen molar-refractivity contribution in [2.75, 3.05) is 33.8 Å². The Morgan fingerprint density at radius 2 is 1.68 bits per heavy atom. The first-order chi connectivity index (χ1) is 13.0. The summed E-state index contributed by atoms with van der Waals surface area (Å²) >= 11 is 0. The van der Waals surface area contributed by atoms with Gasteiger partial charge in [0.15, 0.2) is 6.61 Å². The first-order valence-electron chi connectivity index (χ1n) is 8.65. The fourth-order valence-electron chi connectivity index (χ4n) is 2.66. The maximum atomic E-state index is 12.5. The highest BCUT2D eigenvalue weighted by Crippen LogP contribution is 2.21. The Hall–Kier alpha value is -2.46. The van der Waals surface area contributed by atoms with Crippen molar-refractivity contribution < 1.29 is 27.5 Å². The topological polar surface area (TPSA) is 122 Å². The minimum Gasteiger partial charge on any atom is -0.456 e. The SMILES string of the molecule is CNC(=O)CN(C)C(=O)COC(=O)CCNS(=O)(=O)c1c(C)cc(C)cc1C. The highest BCUT2D eigenvalue weighted by molar-refractivity contribution is 7.89. The van der Waals surface area contributed by atoms with Crippen LogP contribution in [0.3, 0.4) is 0 Å². The zero-order chi connectivity index (χ0) is 21.5. The fourth-order valence-corrected chi connectivity index (χ4v) is 4.14. The number of sulfonamides is 1. The Morgan fingerprint density at radius 1 is 1.11 bits per heavy atom. The lowest BCUT2D eigenvalue weighted by Crippen LogP contribution is -2.39. The highest BCUT2D eigenvalue weighted by atomic mass is 32.2. The molecule has 2 amide bonds. The van der Waals surface area contributed by atoms with Gasteiger partial charge >= 0.3 is 5.97 Å². The van der Waals surface area contributed by atoms with Crippen molar-refractivity contribution in [3.8, 4) is 0 Å². The van der Waals surface area contributed by atoms with Gasteiger partial charge in [0, 0.05) is 20.6 Å². The summed E-state index contributed by atoms with van der Waals surface area (Å²) in [6, 6.07) is 3.55. The first kappa shape index (κ1) is 23.6. The van der Waals surface area contributed by atoms with E-state index in [1.165, 1.54) is 14.1 Å². The second kappa shape index (κ2) is 10.2. The van der Waals surface area contributed by atoms with Crippen molar-refractivity contribution in [3.63, 3.8) is 0 Å². The van der Waals surface area contributed by atoms with Gasteiger partial charge in [-0.15, -0.1) is 0 Å². The number of nitrogens with one attached hydrogen (secondary N) is 2. The average molecular weight is 413 g/mol. The number of ether oxygens (including phenoxy) is 1. The van der Waals surface area contributed by atoms with Crippen molar-refractivity contribution in [3.05, 3.63) is 28.8 Å². The standard InChI is InChI=1S/C18H27N3O6S/c1-12-8-13(2)18(14(3)9-12)28(25,26)20-7-6-17(24)27-11-16(23)21(5)10-15(22)19-4/h8-9,20H,6-7,10-11H2,1-5H3,(H,19,22). The van der Waals surface area contributed by atoms with E-state index in [1.807, 2.05) is 6.92 Å². The van der Waals surface area contributed by atoms with Crippen LogP contribution in [0, 0.1) is 20.8 Å². The lowest BCUT2D eigenvalue weighted by molar-refractivity contribution is -0.151. The van der Waals surface area contributed by atoms with Crippen molar-refractivity contribution in [2.24, 2.45) is 0 Å². The second-order valence-corrected chi connectivity index (χ2v) is 8.16. The van der Waals surface area contributed by atoms with E-state index >= 15 is 0 Å². The van der Waals surface area contributed by atoms with E-state index in [-0.39, 0.29) is 30.3 Å². The largest absolute Gasteiger partial charge is 0.456 e. The summed E-state index contributed by atoms with van der Waals surface area (Å²) in [5, 5.41) is 2.38. The summed E-state index contributed by atoms with van der Waals surface area (Å²) in [6.07, 6.45) is -0.227. The van der Waals surface area contributed by atoms with Crippen LogP contribution >= 0.6 is 0 Å². The van der Waals surface area contributed by atoms with E-state index < -0.39 is 28.5 Å². The predicted molar refractivity (Wildman–Crippen MR) is 103 cm³/mol. The molecule has 1 aromatic rings. The third-order valence-electron chi connectivity index (χ3n) is 3.94. The molecule has 0 saturated carbocycles. The monoisotopic (exact) mass is 413 g/mol. The smallest absolute Gasteiger partial charge is 0.307 e. The van der Waals surface area contributed by atoms with Crippen LogP contribution in [0.4, 0.5) is 0 Å². The molecule has 156 valence electrons. The van der Waals surface area contributed by atoms with Crippen LogP contribution in [0.1, 0.15) is 23.1 Å². The van der Waals surface area contributed by atoms with Gasteiger partial charge in [-0.05, 0) is 31.9 Å². The molecule has 0 aliphatic rings. The molecule has 10 heteroatoms. The van der Waals surface area contributed by atoms with Gasteiger partial charge in [0.05, 0.1) is 17.9 Å². The molecule has 28 heavy (non-hydrogen) atoms. The molecule has 0 atom stereocenters. The van der Waals surface area contributed by atoms with Crippen molar-refractivity contribution in [1.29, 1.82) is 0 Å². The van der Waals surface area contributed by atoms with Gasteiger partial charge in [0.2, 0.25) is 15.9 Å². The van der Waals surface area contributed by atoms with Crippen LogP contribution in [0.5, 0.6) is 0 Å². The lowest BCUT2D eigenvalue weighted by atomic mass is 10.1. The Morgan fingerprint density at radius 3 is 2.21 bits per heavy atom. The van der Waals surface area contributed by atoms with Crippen LogP contribution in [0.2, 0.25) is 0 Å². The van der Waals surface area contributed by atoms with Gasteiger partial charge < -0.3 is 15.0 Å². The summed E-state index contributed by atoms with van der Waals surface area (Å²) in [4.78, 5) is 36.0. The number of likely N-dealkylation sites (N-methyl/N-ethyl adjacent to an activating group) is 2. The Labute approximate surface area is 165 Å². The number of benzene rings is 1. The molecular formula is C18H27N3O6S. The molecule has 0 aromatic heterocycles. The Balaban J connectivity index is 2.52. The van der Waals surface area contributed by atoms with Gasteiger partial charge in [-0.3, -0.25) is 14.4 Å². The maximum Gasteiger partial charge on any atom is 0.307 e. The number of aryl methyl sites for hydroxylation is 3. The third-order valence-corrected chi connectivity index (χ3v) is 5.70. The number of nitrogens with zero attached hydrogens (tertiary/aromatic N) is 1. The Kier molecular flexibility index (Phi) is 8.58. The van der Waals surface area contributed by atoms with Gasteiger partial charge in [-0.25, -0.2) is 13.1 Å². The third kappa shape index (κ3) is 6.93. The molecule has 0 bridgehead atoms. The second-order valence-electron chi connectivity index (χ2n) is 6.46. The number of esters is 1. The van der Waals surface area contributed by atoms with E-state index in [0.29, 0.717) is 11.1 Å². The molecule has 0 spiro atoms. The summed E-state index contributed by atoms with van der Waals surface area (Å²) in [5.74, 6) is -1.61. The van der Waals surface area contributed by atoms with Crippen LogP contribution in [-0.2, 0) is 29.1 Å². The van der Waals surface area contributed by atoms with E-state index in [2.05, 4.69) is 10.0 Å². The zero-order valence-corrected chi connectivity index (χ0v) is 17.6. The average Bonchev–Trinajstić information content (AvgIpc) is 2.57. The number of carbonyl (C=O) groups excluding carboxylic acids is 3. The normalized spacial score (nSPS) is 11.0. The highest BCUT2D eigenvalue weighted by Gasteiger charge is 2.20. The van der Waals surface area contributed by atoms with Crippen molar-refractivity contribution in [1.82, 2.24) is 14.9 Å². The molecular weight excluding hydrogens is 386 g/mol. The minimum absolute atomic E-state index is 0.151. The van der Waals surface area contributed by atoms with Crippen molar-refractivity contribution in [2.45, 2.75) is 32.1 Å². The zero-order valence-electron chi connectivity index (χ0n) is 16.8. The minimum atomic E-state index is -3.77. The summed E-state index contributed by atoms with van der Waals surface area (Å²) in [7, 11) is -0.918. The molecule has 9 nitrogen and oxygen atoms in total. The van der Waals surface area contributed by atoms with Crippen LogP contribution < -0.4 is 10.0 Å². The Bertz CT molecular complexity index is 828. The van der Waals surface area contributed by atoms with Crippen LogP contribution in [-0.4, -0.2) is 64.9 Å². The molecule has 0 fully saturated rings. The van der Waals surface area contributed by atoms with E-state index in [0.717, 1.165) is 10.5 Å². The fraction of sp³-hybridized carbons (Fsp3) is 0.500. The molecule has 0 saturated heterocycles. The van der Waals surface area contributed by atoms with E-state index in [4.69, 9.17) is 4.74 Å². The number of hydrogen-bond acceptors (Lipinski definition) is 6. The van der Waals surface area contributed by atoms with Crippen molar-refractivity contribution >= 4 is 27.8 Å². The summed E-state index contributed by atoms with van der Waals surface area (Å²) in [6.45, 7) is 4.48. The number of hydrogen-bond donors (Lipinski definition) is 2. The molecule has 2 N–H and O–H groups in total. The molecule has 0 heterocycles. The van der Waals surface area contributed by atoms with Crippen LogP contribution in [0.15, 0.2) is 17.0 Å². The van der Waals surface area contributed by atoms with E-state index in [1.54, 1.807) is 26.0 Å². The lowest BCUT2D eigenvalue weighted by Gasteiger charge is -2.16. The number of rotatable bonds is 9. The van der Waals surface area contributed by atoms with Crippen LogP contribution in [0.25, 0.3) is 0 Å². The van der Waals surface area contributed by atoms with Gasteiger partial charge in [0.25, 0.3) is 5.91 Å². The first-order valence-corrected chi connectivity index (χ1v) is 10.1. The molecule has 0 unspecified atom stereocenters. The van der Waals surface area contributed by atoms with Gasteiger partial charge in [-0.1, -0.05) is 17.7 Å². The molecule has 1 aromatic carbocycles. The molecule has 0 aliphatic heterocycles. The quantitative estimate of drug-likeness (QED) is 0.551. The number of carbonyl (C=O) groups is 3.